The van der Waals surface area contributed by atoms with Gasteiger partial charge in [0.05, 0.1) is 11.2 Å². The number of methoxy groups -OCH3 is 1. The molecule has 0 saturated heterocycles. The van der Waals surface area contributed by atoms with Crippen LogP contribution in [0.1, 0.15) is 65.2 Å². The molecule has 0 bridgehead atoms. The van der Waals surface area contributed by atoms with Crippen LogP contribution in [0.25, 0.3) is 0 Å². The highest BCUT2D eigenvalue weighted by Crippen LogP contribution is 2.59. The van der Waals surface area contributed by atoms with E-state index in [-0.39, 0.29) is 11.0 Å². The van der Waals surface area contributed by atoms with E-state index in [2.05, 4.69) is 0 Å². The first-order valence-electron chi connectivity index (χ1n) is 6.75. The van der Waals surface area contributed by atoms with Crippen LogP contribution in [0.15, 0.2) is 0 Å². The van der Waals surface area contributed by atoms with E-state index in [0.717, 1.165) is 25.7 Å². The monoisotopic (exact) mass is 226 g/mol. The molecule has 2 nitrogen and oxygen atoms in total. The maximum atomic E-state index is 10.6. The Morgan fingerprint density at radius 1 is 0.938 bits per heavy atom. The Kier molecular flexibility index (Phi) is 3.09. The molecule has 2 fully saturated rings. The van der Waals surface area contributed by atoms with Gasteiger partial charge in [-0.25, -0.2) is 0 Å². The summed E-state index contributed by atoms with van der Waals surface area (Å²) in [5.74, 6) is 0. The standard InChI is InChI=1S/C14H26O2/c1-12(2,15)13-8-4-6-10-14(13,16-3)11-7-5-9-13/h15H,4-11H2,1-3H3. The van der Waals surface area contributed by atoms with Gasteiger partial charge in [-0.05, 0) is 39.5 Å². The molecule has 0 radical (unpaired) electrons. The average Bonchev–Trinajstić information content (AvgIpc) is 2.27. The second-order valence-electron chi connectivity index (χ2n) is 6.25. The summed E-state index contributed by atoms with van der Waals surface area (Å²) in [5.41, 5.74) is -0.684. The van der Waals surface area contributed by atoms with Gasteiger partial charge in [0.15, 0.2) is 0 Å². The maximum absolute atomic E-state index is 10.6. The highest BCUT2D eigenvalue weighted by atomic mass is 16.5. The molecule has 0 amide bonds. The van der Waals surface area contributed by atoms with Crippen LogP contribution < -0.4 is 0 Å². The number of fused-ring (bicyclic) bond motifs is 1. The Bertz CT molecular complexity index is 240. The lowest BCUT2D eigenvalue weighted by molar-refractivity contribution is -0.234. The number of ether oxygens (including phenoxy) is 1. The first-order chi connectivity index (χ1) is 7.47. The minimum absolute atomic E-state index is 0.00868. The van der Waals surface area contributed by atoms with Gasteiger partial charge in [-0.3, -0.25) is 0 Å². The van der Waals surface area contributed by atoms with Crippen molar-refractivity contribution in [3.8, 4) is 0 Å². The molecule has 2 aliphatic rings. The van der Waals surface area contributed by atoms with Gasteiger partial charge < -0.3 is 9.84 Å². The fraction of sp³-hybridized carbons (Fsp3) is 1.00. The summed E-state index contributed by atoms with van der Waals surface area (Å²) in [6.45, 7) is 3.97. The third-order valence-electron chi connectivity index (χ3n) is 5.30. The van der Waals surface area contributed by atoms with Crippen molar-refractivity contribution < 1.29 is 9.84 Å². The Labute approximate surface area is 99.4 Å². The van der Waals surface area contributed by atoms with Gasteiger partial charge in [-0.1, -0.05) is 25.7 Å². The Balaban J connectivity index is 2.41. The zero-order valence-electron chi connectivity index (χ0n) is 11.0. The first-order valence-corrected chi connectivity index (χ1v) is 6.75. The molecule has 1 N–H and O–H groups in total. The van der Waals surface area contributed by atoms with Gasteiger partial charge in [-0.15, -0.1) is 0 Å². The van der Waals surface area contributed by atoms with Crippen LogP contribution >= 0.6 is 0 Å². The van der Waals surface area contributed by atoms with E-state index < -0.39 is 5.60 Å². The third kappa shape index (κ3) is 1.53. The van der Waals surface area contributed by atoms with Crippen LogP contribution in [0.5, 0.6) is 0 Å². The van der Waals surface area contributed by atoms with Gasteiger partial charge in [-0.2, -0.15) is 0 Å². The Hall–Kier alpha value is -0.0800. The molecule has 0 aromatic rings. The number of hydrogen-bond acceptors (Lipinski definition) is 2. The van der Waals surface area contributed by atoms with Gasteiger partial charge in [0.25, 0.3) is 0 Å². The molecular weight excluding hydrogens is 200 g/mol. The van der Waals surface area contributed by atoms with Crippen molar-refractivity contribution in [3.05, 3.63) is 0 Å². The van der Waals surface area contributed by atoms with E-state index in [0.29, 0.717) is 0 Å². The van der Waals surface area contributed by atoms with E-state index in [1.54, 1.807) is 0 Å². The molecule has 0 atom stereocenters. The van der Waals surface area contributed by atoms with Crippen LogP contribution in [0, 0.1) is 5.41 Å². The van der Waals surface area contributed by atoms with Gasteiger partial charge in [0.1, 0.15) is 0 Å². The van der Waals surface area contributed by atoms with Gasteiger partial charge in [0.2, 0.25) is 0 Å². The lowest BCUT2D eigenvalue weighted by Crippen LogP contribution is -2.63. The average molecular weight is 226 g/mol. The summed E-state index contributed by atoms with van der Waals surface area (Å²) < 4.78 is 5.95. The zero-order valence-corrected chi connectivity index (χ0v) is 11.0. The van der Waals surface area contributed by atoms with E-state index in [9.17, 15) is 5.11 Å². The van der Waals surface area contributed by atoms with Crippen molar-refractivity contribution in [1.29, 1.82) is 0 Å². The zero-order chi connectivity index (χ0) is 11.9. The van der Waals surface area contributed by atoms with E-state index in [1.807, 2.05) is 21.0 Å². The Morgan fingerprint density at radius 3 is 1.69 bits per heavy atom. The van der Waals surface area contributed by atoms with E-state index in [4.69, 9.17) is 4.74 Å². The van der Waals surface area contributed by atoms with E-state index in [1.165, 1.54) is 25.7 Å². The molecule has 94 valence electrons. The summed E-state index contributed by atoms with van der Waals surface area (Å²) in [5, 5.41) is 10.6. The Morgan fingerprint density at radius 2 is 1.38 bits per heavy atom. The molecule has 2 saturated carbocycles. The van der Waals surface area contributed by atoms with Gasteiger partial charge in [0, 0.05) is 12.5 Å². The van der Waals surface area contributed by atoms with Crippen LogP contribution in [0.2, 0.25) is 0 Å². The van der Waals surface area contributed by atoms with Crippen molar-refractivity contribution >= 4 is 0 Å². The smallest absolute Gasteiger partial charge is 0.0761 e. The normalized spacial score (nSPS) is 40.5. The lowest BCUT2D eigenvalue weighted by Gasteiger charge is -2.60. The van der Waals surface area contributed by atoms with Crippen LogP contribution in [0.3, 0.4) is 0 Å². The fourth-order valence-corrected chi connectivity index (χ4v) is 4.43. The molecule has 0 heterocycles. The summed E-state index contributed by atoms with van der Waals surface area (Å²) in [6.07, 6.45) is 9.53. The quantitative estimate of drug-likeness (QED) is 0.783. The molecule has 2 rings (SSSR count). The molecule has 2 aliphatic carbocycles. The molecule has 16 heavy (non-hydrogen) atoms. The van der Waals surface area contributed by atoms with Crippen LogP contribution in [0.4, 0.5) is 0 Å². The van der Waals surface area contributed by atoms with Crippen molar-refractivity contribution in [2.24, 2.45) is 5.41 Å². The minimum atomic E-state index is -0.621. The van der Waals surface area contributed by atoms with E-state index >= 15 is 0 Å². The SMILES string of the molecule is COC12CCCCC1(C(C)(C)O)CCCC2. The summed E-state index contributed by atoms with van der Waals surface area (Å²) >= 11 is 0. The minimum Gasteiger partial charge on any atom is -0.390 e. The van der Waals surface area contributed by atoms with Crippen LogP contribution in [-0.4, -0.2) is 23.4 Å². The molecular formula is C14H26O2. The topological polar surface area (TPSA) is 29.5 Å². The molecule has 0 aromatic heterocycles. The molecule has 2 heteroatoms. The van der Waals surface area contributed by atoms with Crippen molar-refractivity contribution in [3.63, 3.8) is 0 Å². The van der Waals surface area contributed by atoms with Crippen molar-refractivity contribution in [2.45, 2.75) is 76.4 Å². The highest BCUT2D eigenvalue weighted by Gasteiger charge is 2.60. The lowest BCUT2D eigenvalue weighted by atomic mass is 9.50. The van der Waals surface area contributed by atoms with Gasteiger partial charge >= 0.3 is 0 Å². The second kappa shape index (κ2) is 3.99. The summed E-state index contributed by atoms with van der Waals surface area (Å²) in [6, 6.07) is 0. The second-order valence-corrected chi connectivity index (χ2v) is 6.25. The predicted molar refractivity (Wildman–Crippen MR) is 65.4 cm³/mol. The largest absolute Gasteiger partial charge is 0.390 e. The van der Waals surface area contributed by atoms with Crippen molar-refractivity contribution in [2.75, 3.05) is 7.11 Å². The number of rotatable bonds is 2. The fourth-order valence-electron chi connectivity index (χ4n) is 4.43. The number of hydrogen-bond donors (Lipinski definition) is 1. The molecule has 0 aliphatic heterocycles. The summed E-state index contributed by atoms with van der Waals surface area (Å²) in [7, 11) is 1.84. The van der Waals surface area contributed by atoms with Crippen molar-refractivity contribution in [1.82, 2.24) is 0 Å². The number of aliphatic hydroxyl groups is 1. The molecule has 0 spiro atoms. The van der Waals surface area contributed by atoms with Crippen LogP contribution in [-0.2, 0) is 4.74 Å². The molecule has 0 unspecified atom stereocenters. The summed E-state index contributed by atoms with van der Waals surface area (Å²) in [4.78, 5) is 0. The molecule has 0 aromatic carbocycles. The maximum Gasteiger partial charge on any atom is 0.0761 e. The third-order valence-corrected chi connectivity index (χ3v) is 5.30. The highest BCUT2D eigenvalue weighted by molar-refractivity contribution is 5.11. The predicted octanol–water partition coefficient (Wildman–Crippen LogP) is 3.28. The first kappa shape index (κ1) is 12.4.